The molecule has 0 amide bonds. The van der Waals surface area contributed by atoms with Crippen LogP contribution in [0.2, 0.25) is 0 Å². The summed E-state index contributed by atoms with van der Waals surface area (Å²) in [5.74, 6) is 2.25. The Balaban J connectivity index is 2.11. The molecular weight excluding hydrogens is 210 g/mol. The second-order valence-corrected chi connectivity index (χ2v) is 4.45. The van der Waals surface area contributed by atoms with Crippen LogP contribution in [0.3, 0.4) is 0 Å². The number of hydrogen-bond donors (Lipinski definition) is 1. The third-order valence-electron chi connectivity index (χ3n) is 2.99. The highest BCUT2D eigenvalue weighted by molar-refractivity contribution is 5.53. The standard InChI is InChI=1S/C14H19N3/c1-3-4-8-11(2)13-15-14(17-16-13)12-9-6-5-7-10-12/h5-7,9-11H,3-4,8H2,1-2H3,(H,15,16,17). The Morgan fingerprint density at radius 3 is 2.71 bits per heavy atom. The molecule has 0 saturated carbocycles. The number of rotatable bonds is 5. The molecule has 17 heavy (non-hydrogen) atoms. The van der Waals surface area contributed by atoms with E-state index in [2.05, 4.69) is 29.0 Å². The van der Waals surface area contributed by atoms with Crippen molar-refractivity contribution in [2.24, 2.45) is 0 Å². The van der Waals surface area contributed by atoms with Crippen molar-refractivity contribution >= 4 is 0 Å². The van der Waals surface area contributed by atoms with E-state index in [9.17, 15) is 0 Å². The lowest BCUT2D eigenvalue weighted by molar-refractivity contribution is 0.598. The molecule has 90 valence electrons. The topological polar surface area (TPSA) is 41.6 Å². The van der Waals surface area contributed by atoms with E-state index in [0.29, 0.717) is 5.92 Å². The van der Waals surface area contributed by atoms with Gasteiger partial charge in [0.05, 0.1) is 0 Å². The number of benzene rings is 1. The summed E-state index contributed by atoms with van der Waals surface area (Å²) in [4.78, 5) is 4.57. The van der Waals surface area contributed by atoms with Gasteiger partial charge in [0.25, 0.3) is 0 Å². The predicted octanol–water partition coefficient (Wildman–Crippen LogP) is 3.77. The molecule has 0 radical (unpaired) electrons. The molecule has 1 aromatic carbocycles. The van der Waals surface area contributed by atoms with Gasteiger partial charge < -0.3 is 0 Å². The molecule has 1 N–H and O–H groups in total. The van der Waals surface area contributed by atoms with Gasteiger partial charge >= 0.3 is 0 Å². The summed E-state index contributed by atoms with van der Waals surface area (Å²) in [6.45, 7) is 4.41. The first-order valence-corrected chi connectivity index (χ1v) is 6.29. The SMILES string of the molecule is CCCCC(C)c1nc(-c2ccccc2)n[nH]1. The third-order valence-corrected chi connectivity index (χ3v) is 2.99. The number of H-pyrrole nitrogens is 1. The van der Waals surface area contributed by atoms with Crippen LogP contribution in [0.4, 0.5) is 0 Å². The minimum Gasteiger partial charge on any atom is -0.262 e. The number of unbranched alkanes of at least 4 members (excludes halogenated alkanes) is 1. The highest BCUT2D eigenvalue weighted by atomic mass is 15.2. The molecule has 3 heteroatoms. The molecular formula is C14H19N3. The van der Waals surface area contributed by atoms with E-state index in [1.165, 1.54) is 19.3 Å². The molecule has 0 aliphatic heterocycles. The van der Waals surface area contributed by atoms with Crippen molar-refractivity contribution in [2.75, 3.05) is 0 Å². The summed E-state index contributed by atoms with van der Waals surface area (Å²) >= 11 is 0. The molecule has 3 nitrogen and oxygen atoms in total. The highest BCUT2D eigenvalue weighted by Gasteiger charge is 2.11. The fourth-order valence-corrected chi connectivity index (χ4v) is 1.86. The summed E-state index contributed by atoms with van der Waals surface area (Å²) in [7, 11) is 0. The lowest BCUT2D eigenvalue weighted by Gasteiger charge is -2.05. The van der Waals surface area contributed by atoms with E-state index in [-0.39, 0.29) is 0 Å². The largest absolute Gasteiger partial charge is 0.262 e. The summed E-state index contributed by atoms with van der Waals surface area (Å²) in [5, 5.41) is 7.33. The lowest BCUT2D eigenvalue weighted by Crippen LogP contribution is -1.96. The molecule has 0 bridgehead atoms. The van der Waals surface area contributed by atoms with E-state index < -0.39 is 0 Å². The van der Waals surface area contributed by atoms with Gasteiger partial charge in [-0.25, -0.2) is 4.98 Å². The van der Waals surface area contributed by atoms with Crippen LogP contribution in [-0.2, 0) is 0 Å². The minimum absolute atomic E-state index is 0.458. The second kappa shape index (κ2) is 5.62. The zero-order valence-corrected chi connectivity index (χ0v) is 10.5. The maximum Gasteiger partial charge on any atom is 0.181 e. The van der Waals surface area contributed by atoms with Crippen molar-refractivity contribution in [3.63, 3.8) is 0 Å². The molecule has 2 aromatic rings. The summed E-state index contributed by atoms with van der Waals surface area (Å²) in [6.07, 6.45) is 3.63. The normalized spacial score (nSPS) is 12.6. The van der Waals surface area contributed by atoms with Crippen molar-refractivity contribution in [1.29, 1.82) is 0 Å². The molecule has 0 spiro atoms. The van der Waals surface area contributed by atoms with Crippen molar-refractivity contribution in [2.45, 2.75) is 39.0 Å². The quantitative estimate of drug-likeness (QED) is 0.848. The van der Waals surface area contributed by atoms with Gasteiger partial charge in [0.2, 0.25) is 0 Å². The van der Waals surface area contributed by atoms with Gasteiger partial charge in [0, 0.05) is 11.5 Å². The first kappa shape index (κ1) is 11.8. The predicted molar refractivity (Wildman–Crippen MR) is 69.8 cm³/mol. The van der Waals surface area contributed by atoms with Gasteiger partial charge in [-0.1, -0.05) is 57.0 Å². The van der Waals surface area contributed by atoms with Gasteiger partial charge in [-0.15, -0.1) is 0 Å². The average molecular weight is 229 g/mol. The Kier molecular flexibility index (Phi) is 3.91. The minimum atomic E-state index is 0.458. The number of aromatic amines is 1. The molecule has 0 aliphatic carbocycles. The molecule has 0 saturated heterocycles. The Hall–Kier alpha value is -1.64. The van der Waals surface area contributed by atoms with Crippen LogP contribution in [-0.4, -0.2) is 15.2 Å². The van der Waals surface area contributed by atoms with Gasteiger partial charge in [-0.3, -0.25) is 5.10 Å². The summed E-state index contributed by atoms with van der Waals surface area (Å²) < 4.78 is 0. The number of nitrogens with one attached hydrogen (secondary N) is 1. The van der Waals surface area contributed by atoms with Crippen LogP contribution < -0.4 is 0 Å². The van der Waals surface area contributed by atoms with E-state index in [1.807, 2.05) is 30.3 Å². The van der Waals surface area contributed by atoms with E-state index in [1.54, 1.807) is 0 Å². The maximum absolute atomic E-state index is 4.57. The number of nitrogens with zero attached hydrogens (tertiary/aromatic N) is 2. The van der Waals surface area contributed by atoms with Crippen molar-refractivity contribution in [3.8, 4) is 11.4 Å². The molecule has 1 aromatic heterocycles. The van der Waals surface area contributed by atoms with Crippen LogP contribution in [0, 0.1) is 0 Å². The molecule has 1 unspecified atom stereocenters. The molecule has 0 fully saturated rings. The van der Waals surface area contributed by atoms with E-state index in [0.717, 1.165) is 17.2 Å². The first-order valence-electron chi connectivity index (χ1n) is 6.29. The van der Waals surface area contributed by atoms with E-state index in [4.69, 9.17) is 0 Å². The second-order valence-electron chi connectivity index (χ2n) is 4.45. The van der Waals surface area contributed by atoms with Gasteiger partial charge in [-0.2, -0.15) is 5.10 Å². The molecule has 1 heterocycles. The summed E-state index contributed by atoms with van der Waals surface area (Å²) in [6, 6.07) is 10.1. The van der Waals surface area contributed by atoms with E-state index >= 15 is 0 Å². The zero-order chi connectivity index (χ0) is 12.1. The van der Waals surface area contributed by atoms with Crippen LogP contribution in [0.15, 0.2) is 30.3 Å². The van der Waals surface area contributed by atoms with Crippen LogP contribution in [0.25, 0.3) is 11.4 Å². The van der Waals surface area contributed by atoms with Crippen LogP contribution in [0.1, 0.15) is 44.9 Å². The Morgan fingerprint density at radius 1 is 1.24 bits per heavy atom. The van der Waals surface area contributed by atoms with Crippen molar-refractivity contribution in [3.05, 3.63) is 36.2 Å². The first-order chi connectivity index (χ1) is 8.31. The Morgan fingerprint density at radius 2 is 2.00 bits per heavy atom. The summed E-state index contributed by atoms with van der Waals surface area (Å²) in [5.41, 5.74) is 1.07. The van der Waals surface area contributed by atoms with Crippen LogP contribution >= 0.6 is 0 Å². The molecule has 0 aliphatic rings. The van der Waals surface area contributed by atoms with Crippen molar-refractivity contribution < 1.29 is 0 Å². The third kappa shape index (κ3) is 2.93. The maximum atomic E-state index is 4.57. The van der Waals surface area contributed by atoms with Crippen LogP contribution in [0.5, 0.6) is 0 Å². The fraction of sp³-hybridized carbons (Fsp3) is 0.429. The number of hydrogen-bond acceptors (Lipinski definition) is 2. The van der Waals surface area contributed by atoms with Gasteiger partial charge in [0.15, 0.2) is 5.82 Å². The lowest BCUT2D eigenvalue weighted by atomic mass is 10.0. The monoisotopic (exact) mass is 229 g/mol. The Bertz CT molecular complexity index is 448. The number of aromatic nitrogens is 3. The highest BCUT2D eigenvalue weighted by Crippen LogP contribution is 2.20. The molecule has 2 rings (SSSR count). The smallest absolute Gasteiger partial charge is 0.181 e. The van der Waals surface area contributed by atoms with Crippen molar-refractivity contribution in [1.82, 2.24) is 15.2 Å². The molecule has 1 atom stereocenters. The fourth-order valence-electron chi connectivity index (χ4n) is 1.86. The van der Waals surface area contributed by atoms with Gasteiger partial charge in [0.1, 0.15) is 5.82 Å². The van der Waals surface area contributed by atoms with Gasteiger partial charge in [-0.05, 0) is 6.42 Å². The average Bonchev–Trinajstić information content (AvgIpc) is 2.86. The Labute approximate surface area is 102 Å². The zero-order valence-electron chi connectivity index (χ0n) is 10.5.